The number of benzene rings is 2. The van der Waals surface area contributed by atoms with Crippen LogP contribution in [0.3, 0.4) is 0 Å². The number of ether oxygens (including phenoxy) is 2. The Labute approximate surface area is 170 Å². The maximum absolute atomic E-state index is 12.5. The fraction of sp³-hybridized carbons (Fsp3) is 0.261. The molecule has 0 atom stereocenters. The summed E-state index contributed by atoms with van der Waals surface area (Å²) in [5.74, 6) is -0.424. The molecule has 0 radical (unpaired) electrons. The zero-order valence-corrected chi connectivity index (χ0v) is 16.8. The number of amides is 1. The van der Waals surface area contributed by atoms with Gasteiger partial charge in [0.05, 0.1) is 6.10 Å². The first-order valence-corrected chi connectivity index (χ1v) is 9.36. The molecule has 0 bridgehead atoms. The van der Waals surface area contributed by atoms with E-state index in [1.165, 1.54) is 6.08 Å². The fourth-order valence-electron chi connectivity index (χ4n) is 2.55. The van der Waals surface area contributed by atoms with Crippen LogP contribution in [0.4, 0.5) is 5.69 Å². The van der Waals surface area contributed by atoms with Crippen LogP contribution in [0.1, 0.15) is 31.9 Å². The van der Waals surface area contributed by atoms with E-state index in [4.69, 9.17) is 9.47 Å². The van der Waals surface area contributed by atoms with E-state index >= 15 is 0 Å². The average Bonchev–Trinajstić information content (AvgIpc) is 2.71. The summed E-state index contributed by atoms with van der Waals surface area (Å²) in [5, 5.41) is 12.2. The van der Waals surface area contributed by atoms with Gasteiger partial charge in [0.1, 0.15) is 17.4 Å². The van der Waals surface area contributed by atoms with Gasteiger partial charge in [0.15, 0.2) is 6.61 Å². The van der Waals surface area contributed by atoms with Crippen molar-refractivity contribution in [1.29, 1.82) is 5.26 Å². The van der Waals surface area contributed by atoms with E-state index in [0.29, 0.717) is 17.0 Å². The molecule has 0 aromatic heterocycles. The van der Waals surface area contributed by atoms with Crippen molar-refractivity contribution in [3.63, 3.8) is 0 Å². The summed E-state index contributed by atoms with van der Waals surface area (Å²) in [4.78, 5) is 24.0. The molecule has 0 aliphatic carbocycles. The van der Waals surface area contributed by atoms with Crippen molar-refractivity contribution in [2.24, 2.45) is 0 Å². The van der Waals surface area contributed by atoms with Gasteiger partial charge >= 0.3 is 5.97 Å². The molecular weight excluding hydrogens is 368 g/mol. The predicted octanol–water partition coefficient (Wildman–Crippen LogP) is 4.13. The van der Waals surface area contributed by atoms with Crippen molar-refractivity contribution in [3.8, 4) is 11.8 Å². The molecule has 6 nitrogen and oxygen atoms in total. The number of carbonyl (C=O) groups excluding carboxylic acids is 2. The number of hydrogen-bond acceptors (Lipinski definition) is 5. The molecule has 0 spiro atoms. The van der Waals surface area contributed by atoms with Crippen molar-refractivity contribution < 1.29 is 19.1 Å². The zero-order chi connectivity index (χ0) is 21.2. The molecular formula is C23H24N2O4. The lowest BCUT2D eigenvalue weighted by molar-refractivity contribution is -0.149. The summed E-state index contributed by atoms with van der Waals surface area (Å²) in [6.45, 7) is 5.35. The summed E-state index contributed by atoms with van der Waals surface area (Å²) in [6.07, 6.45) is 2.08. The van der Waals surface area contributed by atoms with Crippen molar-refractivity contribution in [2.45, 2.75) is 33.3 Å². The molecule has 6 heteroatoms. The van der Waals surface area contributed by atoms with E-state index < -0.39 is 11.9 Å². The highest BCUT2D eigenvalue weighted by atomic mass is 16.6. The molecule has 0 saturated heterocycles. The number of rotatable bonds is 8. The zero-order valence-electron chi connectivity index (χ0n) is 16.8. The van der Waals surface area contributed by atoms with Crippen LogP contribution in [0.15, 0.2) is 54.1 Å². The molecule has 150 valence electrons. The highest BCUT2D eigenvalue weighted by Crippen LogP contribution is 2.18. The number of aryl methyl sites for hydroxylation is 1. The van der Waals surface area contributed by atoms with Gasteiger partial charge in [-0.3, -0.25) is 4.79 Å². The smallest absolute Gasteiger partial charge is 0.344 e. The largest absolute Gasteiger partial charge is 0.482 e. The predicted molar refractivity (Wildman–Crippen MR) is 111 cm³/mol. The molecule has 2 rings (SSSR count). The monoisotopic (exact) mass is 392 g/mol. The number of carbonyl (C=O) groups is 2. The van der Waals surface area contributed by atoms with Gasteiger partial charge in [0.2, 0.25) is 0 Å². The van der Waals surface area contributed by atoms with E-state index in [2.05, 4.69) is 5.32 Å². The van der Waals surface area contributed by atoms with Crippen LogP contribution in [-0.4, -0.2) is 24.6 Å². The number of para-hydroxylation sites is 1. The van der Waals surface area contributed by atoms with E-state index in [1.54, 1.807) is 38.1 Å². The molecule has 29 heavy (non-hydrogen) atoms. The summed E-state index contributed by atoms with van der Waals surface area (Å²) in [7, 11) is 0. The first kappa shape index (κ1) is 21.7. The molecule has 1 amide bonds. The topological polar surface area (TPSA) is 88.4 Å². The molecule has 0 saturated carbocycles. The molecule has 2 aromatic rings. The molecule has 2 aromatic carbocycles. The number of hydrogen-bond donors (Lipinski definition) is 1. The number of anilines is 1. The van der Waals surface area contributed by atoms with Crippen LogP contribution in [0.5, 0.6) is 5.75 Å². The Bertz CT molecular complexity index is 925. The number of nitrogens with zero attached hydrogens (tertiary/aromatic N) is 1. The third-order valence-electron chi connectivity index (χ3n) is 3.93. The van der Waals surface area contributed by atoms with Gasteiger partial charge in [0, 0.05) is 5.69 Å². The van der Waals surface area contributed by atoms with Gasteiger partial charge in [-0.1, -0.05) is 37.3 Å². The summed E-state index contributed by atoms with van der Waals surface area (Å²) in [5.41, 5.74) is 2.34. The van der Waals surface area contributed by atoms with Gasteiger partial charge in [-0.15, -0.1) is 0 Å². The number of esters is 1. The minimum Gasteiger partial charge on any atom is -0.482 e. The Morgan fingerprint density at radius 3 is 2.45 bits per heavy atom. The minimum atomic E-state index is -0.467. The lowest BCUT2D eigenvalue weighted by Gasteiger charge is -2.10. The van der Waals surface area contributed by atoms with Crippen molar-refractivity contribution in [3.05, 3.63) is 65.2 Å². The molecule has 0 aliphatic rings. The highest BCUT2D eigenvalue weighted by Gasteiger charge is 2.11. The molecule has 0 fully saturated rings. The highest BCUT2D eigenvalue weighted by molar-refractivity contribution is 6.09. The summed E-state index contributed by atoms with van der Waals surface area (Å²) >= 11 is 0. The van der Waals surface area contributed by atoms with Crippen LogP contribution in [-0.2, 0) is 20.7 Å². The van der Waals surface area contributed by atoms with Crippen LogP contribution in [0, 0.1) is 11.3 Å². The average molecular weight is 392 g/mol. The maximum Gasteiger partial charge on any atom is 0.344 e. The van der Waals surface area contributed by atoms with Crippen LogP contribution in [0.2, 0.25) is 0 Å². The molecule has 0 aliphatic heterocycles. The minimum absolute atomic E-state index is 0.00918. The van der Waals surface area contributed by atoms with Crippen LogP contribution >= 0.6 is 0 Å². The Hall–Kier alpha value is -3.59. The second-order valence-corrected chi connectivity index (χ2v) is 6.53. The number of nitrogens with one attached hydrogen (secondary N) is 1. The van der Waals surface area contributed by atoms with Crippen LogP contribution in [0.25, 0.3) is 6.08 Å². The van der Waals surface area contributed by atoms with Crippen molar-refractivity contribution in [1.82, 2.24) is 0 Å². The van der Waals surface area contributed by atoms with E-state index in [1.807, 2.05) is 37.3 Å². The third-order valence-corrected chi connectivity index (χ3v) is 3.93. The Kier molecular flexibility index (Phi) is 7.99. The van der Waals surface area contributed by atoms with Crippen LogP contribution < -0.4 is 10.1 Å². The maximum atomic E-state index is 12.5. The van der Waals surface area contributed by atoms with Gasteiger partial charge in [-0.25, -0.2) is 4.79 Å². The SMILES string of the molecule is CCc1ccccc1NC(=O)/C(C#N)=C/c1ccc(OCC(=O)OC(C)C)cc1. The van der Waals surface area contributed by atoms with Gasteiger partial charge < -0.3 is 14.8 Å². The van der Waals surface area contributed by atoms with E-state index in [-0.39, 0.29) is 18.3 Å². The first-order chi connectivity index (χ1) is 13.9. The summed E-state index contributed by atoms with van der Waals surface area (Å²) in [6, 6.07) is 16.1. The molecule has 1 N–H and O–H groups in total. The van der Waals surface area contributed by atoms with Crippen molar-refractivity contribution in [2.75, 3.05) is 11.9 Å². The lowest BCUT2D eigenvalue weighted by atomic mass is 10.1. The normalized spacial score (nSPS) is 10.9. The second-order valence-electron chi connectivity index (χ2n) is 6.53. The Balaban J connectivity index is 2.04. The second kappa shape index (κ2) is 10.7. The summed E-state index contributed by atoms with van der Waals surface area (Å²) < 4.78 is 10.4. The van der Waals surface area contributed by atoms with Crippen molar-refractivity contribution >= 4 is 23.6 Å². The van der Waals surface area contributed by atoms with E-state index in [9.17, 15) is 14.9 Å². The van der Waals surface area contributed by atoms with E-state index in [0.717, 1.165) is 12.0 Å². The van der Waals surface area contributed by atoms with Gasteiger partial charge in [-0.05, 0) is 55.7 Å². The van der Waals surface area contributed by atoms with Gasteiger partial charge in [-0.2, -0.15) is 5.26 Å². The Morgan fingerprint density at radius 2 is 1.83 bits per heavy atom. The number of nitriles is 1. The standard InChI is InChI=1S/C23H24N2O4/c1-4-18-7-5-6-8-21(18)25-23(27)19(14-24)13-17-9-11-20(12-10-17)28-15-22(26)29-16(2)3/h5-13,16H,4,15H2,1-3H3,(H,25,27)/b19-13+. The fourth-order valence-corrected chi connectivity index (χ4v) is 2.55. The quantitative estimate of drug-likeness (QED) is 0.415. The molecule has 0 unspecified atom stereocenters. The lowest BCUT2D eigenvalue weighted by Crippen LogP contribution is -2.18. The molecule has 0 heterocycles. The first-order valence-electron chi connectivity index (χ1n) is 9.36. The van der Waals surface area contributed by atoms with Gasteiger partial charge in [0.25, 0.3) is 5.91 Å². The third kappa shape index (κ3) is 6.82. The Morgan fingerprint density at radius 1 is 1.14 bits per heavy atom.